The Morgan fingerprint density at radius 1 is 1.20 bits per heavy atom. The van der Waals surface area contributed by atoms with Gasteiger partial charge in [-0.05, 0) is 40.2 Å². The van der Waals surface area contributed by atoms with Crippen molar-refractivity contribution in [2.45, 2.75) is 12.8 Å². The number of benzene rings is 1. The quantitative estimate of drug-likeness (QED) is 0.488. The summed E-state index contributed by atoms with van der Waals surface area (Å²) >= 11 is 4.56. The monoisotopic (exact) mass is 420 g/mol. The molecule has 8 heteroatoms. The summed E-state index contributed by atoms with van der Waals surface area (Å²) in [5.41, 5.74) is 0.334. The molecule has 0 saturated carbocycles. The normalized spacial score (nSPS) is 10.8. The Bertz CT molecular complexity index is 995. The van der Waals surface area contributed by atoms with Crippen LogP contribution in [-0.4, -0.2) is 28.3 Å². The third-order valence-electron chi connectivity index (χ3n) is 3.44. The van der Waals surface area contributed by atoms with Gasteiger partial charge in [0.15, 0.2) is 6.61 Å². The van der Waals surface area contributed by atoms with Crippen molar-refractivity contribution in [1.82, 2.24) is 9.97 Å². The maximum absolute atomic E-state index is 12.0. The van der Waals surface area contributed by atoms with E-state index in [4.69, 9.17) is 4.74 Å². The highest BCUT2D eigenvalue weighted by Gasteiger charge is 2.13. The van der Waals surface area contributed by atoms with E-state index in [1.165, 1.54) is 11.3 Å². The number of hydrogen-bond donors (Lipinski definition) is 1. The van der Waals surface area contributed by atoms with Crippen LogP contribution in [-0.2, 0) is 16.0 Å². The van der Waals surface area contributed by atoms with Crippen LogP contribution < -0.4 is 5.56 Å². The van der Waals surface area contributed by atoms with Gasteiger partial charge in [-0.25, -0.2) is 4.98 Å². The van der Waals surface area contributed by atoms with E-state index >= 15 is 0 Å². The van der Waals surface area contributed by atoms with E-state index in [0.717, 1.165) is 3.79 Å². The maximum Gasteiger partial charge on any atom is 0.306 e. The molecular weight excluding hydrogens is 408 g/mol. The number of carbonyl (C=O) groups excluding carboxylic acids is 2. The summed E-state index contributed by atoms with van der Waals surface area (Å²) in [5, 5.41) is 0.501. The van der Waals surface area contributed by atoms with Gasteiger partial charge >= 0.3 is 5.97 Å². The molecule has 0 amide bonds. The molecule has 6 nitrogen and oxygen atoms in total. The minimum atomic E-state index is -0.514. The number of fused-ring (bicyclic) bond motifs is 1. The lowest BCUT2D eigenvalue weighted by molar-refractivity contribution is -0.142. The average Bonchev–Trinajstić information content (AvgIpc) is 3.04. The summed E-state index contributed by atoms with van der Waals surface area (Å²) in [6, 6.07) is 10.4. The molecule has 0 unspecified atom stereocenters. The number of aromatic nitrogens is 2. The number of ketones is 1. The number of ether oxygens (including phenoxy) is 1. The van der Waals surface area contributed by atoms with Crippen LogP contribution >= 0.6 is 27.3 Å². The molecule has 0 atom stereocenters. The van der Waals surface area contributed by atoms with E-state index < -0.39 is 5.97 Å². The highest BCUT2D eigenvalue weighted by atomic mass is 79.9. The Hall–Kier alpha value is -2.32. The van der Waals surface area contributed by atoms with Crippen molar-refractivity contribution in [2.75, 3.05) is 6.61 Å². The second kappa shape index (κ2) is 7.71. The first kappa shape index (κ1) is 17.5. The number of nitrogens with zero attached hydrogens (tertiary/aromatic N) is 1. The van der Waals surface area contributed by atoms with Gasteiger partial charge in [-0.3, -0.25) is 14.4 Å². The number of aryl methyl sites for hydroxylation is 1. The van der Waals surface area contributed by atoms with E-state index in [2.05, 4.69) is 25.9 Å². The third-order valence-corrected chi connectivity index (χ3v) is 5.10. The minimum Gasteiger partial charge on any atom is -0.457 e. The van der Waals surface area contributed by atoms with Crippen molar-refractivity contribution in [1.29, 1.82) is 0 Å². The van der Waals surface area contributed by atoms with Crippen molar-refractivity contribution in [3.05, 3.63) is 61.2 Å². The zero-order valence-corrected chi connectivity index (χ0v) is 15.4. The molecule has 0 radical (unpaired) electrons. The number of H-pyrrole nitrogens is 1. The van der Waals surface area contributed by atoms with Gasteiger partial charge in [0.2, 0.25) is 5.78 Å². The van der Waals surface area contributed by atoms with Gasteiger partial charge in [0.25, 0.3) is 5.56 Å². The molecule has 0 spiro atoms. The summed E-state index contributed by atoms with van der Waals surface area (Å²) in [5.74, 6) is -0.352. The molecule has 128 valence electrons. The lowest BCUT2D eigenvalue weighted by atomic mass is 10.2. The molecule has 0 fully saturated rings. The van der Waals surface area contributed by atoms with Crippen LogP contribution in [0.15, 0.2) is 45.0 Å². The molecule has 1 aromatic carbocycles. The summed E-state index contributed by atoms with van der Waals surface area (Å²) < 4.78 is 5.83. The standard InChI is InChI=1S/C17H13BrN2O4S/c18-14-6-5-13(25-14)12(21)9-24-16(22)8-7-15-19-11-4-2-1-3-10(11)17(23)20-15/h1-6H,7-9H2,(H,19,20,23). The van der Waals surface area contributed by atoms with Crippen LogP contribution in [0.25, 0.3) is 10.9 Å². The fourth-order valence-corrected chi connectivity index (χ4v) is 3.54. The minimum absolute atomic E-state index is 0.0305. The number of para-hydroxylation sites is 1. The average molecular weight is 421 g/mol. The molecule has 3 rings (SSSR count). The van der Waals surface area contributed by atoms with Crippen LogP contribution in [0.3, 0.4) is 0 Å². The van der Waals surface area contributed by atoms with Gasteiger partial charge in [0.05, 0.1) is 26.0 Å². The predicted molar refractivity (Wildman–Crippen MR) is 98.0 cm³/mol. The number of thiophene rings is 1. The zero-order chi connectivity index (χ0) is 17.8. The highest BCUT2D eigenvalue weighted by molar-refractivity contribution is 9.11. The molecule has 0 aliphatic carbocycles. The first-order valence-corrected chi connectivity index (χ1v) is 9.06. The third kappa shape index (κ3) is 4.40. The number of halogens is 1. The van der Waals surface area contributed by atoms with E-state index in [-0.39, 0.29) is 30.8 Å². The van der Waals surface area contributed by atoms with Crippen molar-refractivity contribution >= 4 is 49.9 Å². The van der Waals surface area contributed by atoms with Crippen LogP contribution in [0.2, 0.25) is 0 Å². The second-order valence-electron chi connectivity index (χ2n) is 5.22. The van der Waals surface area contributed by atoms with Crippen LogP contribution in [0.4, 0.5) is 0 Å². The topological polar surface area (TPSA) is 89.1 Å². The molecular formula is C17H13BrN2O4S. The van der Waals surface area contributed by atoms with E-state index in [9.17, 15) is 14.4 Å². The first-order chi connectivity index (χ1) is 12.0. The Kier molecular flexibility index (Phi) is 5.40. The number of rotatable bonds is 6. The molecule has 1 N–H and O–H groups in total. The summed E-state index contributed by atoms with van der Waals surface area (Å²) in [6.07, 6.45) is 0.264. The fraction of sp³-hybridized carbons (Fsp3) is 0.176. The molecule has 2 aromatic heterocycles. The summed E-state index contributed by atoms with van der Waals surface area (Å²) in [6.45, 7) is -0.298. The first-order valence-electron chi connectivity index (χ1n) is 7.45. The number of esters is 1. The lowest BCUT2D eigenvalue weighted by Crippen LogP contribution is -2.16. The maximum atomic E-state index is 12.0. The van der Waals surface area contributed by atoms with Crippen molar-refractivity contribution in [3.63, 3.8) is 0 Å². The molecule has 2 heterocycles. The van der Waals surface area contributed by atoms with Crippen LogP contribution in [0.5, 0.6) is 0 Å². The van der Waals surface area contributed by atoms with Crippen molar-refractivity contribution in [3.8, 4) is 0 Å². The van der Waals surface area contributed by atoms with Gasteiger partial charge in [-0.2, -0.15) is 0 Å². The Labute approximate surface area is 155 Å². The van der Waals surface area contributed by atoms with Gasteiger partial charge in [0.1, 0.15) is 5.82 Å². The molecule has 25 heavy (non-hydrogen) atoms. The number of Topliss-reactive ketones (excluding diaryl/α,β-unsaturated/α-hetero) is 1. The Balaban J connectivity index is 1.55. The van der Waals surface area contributed by atoms with E-state index in [1.807, 2.05) is 0 Å². The molecule has 0 saturated heterocycles. The van der Waals surface area contributed by atoms with Gasteiger partial charge in [-0.15, -0.1) is 11.3 Å². The molecule has 0 bridgehead atoms. The molecule has 0 aliphatic rings. The summed E-state index contributed by atoms with van der Waals surface area (Å²) in [4.78, 5) is 43.1. The smallest absolute Gasteiger partial charge is 0.306 e. The van der Waals surface area contributed by atoms with Gasteiger partial charge < -0.3 is 9.72 Å². The number of hydrogen-bond acceptors (Lipinski definition) is 6. The lowest BCUT2D eigenvalue weighted by Gasteiger charge is -2.04. The van der Waals surface area contributed by atoms with Crippen molar-refractivity contribution < 1.29 is 14.3 Å². The Morgan fingerprint density at radius 2 is 2.00 bits per heavy atom. The Morgan fingerprint density at radius 3 is 2.76 bits per heavy atom. The van der Waals surface area contributed by atoms with Gasteiger partial charge in [-0.1, -0.05) is 12.1 Å². The second-order valence-corrected chi connectivity index (χ2v) is 7.68. The van der Waals surface area contributed by atoms with E-state index in [1.54, 1.807) is 36.4 Å². The van der Waals surface area contributed by atoms with Crippen molar-refractivity contribution in [2.24, 2.45) is 0 Å². The number of carbonyl (C=O) groups is 2. The molecule has 3 aromatic rings. The zero-order valence-electron chi connectivity index (χ0n) is 13.0. The number of nitrogens with one attached hydrogen (secondary N) is 1. The SMILES string of the molecule is O=C(CCc1nc2ccccc2c(=O)[nH]1)OCC(=O)c1ccc(Br)s1. The van der Waals surface area contributed by atoms with E-state index in [0.29, 0.717) is 21.6 Å². The fourth-order valence-electron chi connectivity index (χ4n) is 2.23. The largest absolute Gasteiger partial charge is 0.457 e. The highest BCUT2D eigenvalue weighted by Crippen LogP contribution is 2.22. The summed E-state index contributed by atoms with van der Waals surface area (Å²) in [7, 11) is 0. The van der Waals surface area contributed by atoms with Crippen LogP contribution in [0.1, 0.15) is 21.9 Å². The number of aromatic amines is 1. The molecule has 0 aliphatic heterocycles. The predicted octanol–water partition coefficient (Wildman–Crippen LogP) is 3.11. The van der Waals surface area contributed by atoms with Gasteiger partial charge in [0, 0.05) is 6.42 Å². The van der Waals surface area contributed by atoms with Crippen LogP contribution in [0, 0.1) is 0 Å².